The summed E-state index contributed by atoms with van der Waals surface area (Å²) in [6.45, 7) is 6.88. The van der Waals surface area contributed by atoms with E-state index in [0.717, 1.165) is 12.8 Å². The average Bonchev–Trinajstić information content (AvgIpc) is 2.36. The quantitative estimate of drug-likeness (QED) is 0.679. The monoisotopic (exact) mass is 235 g/mol. The van der Waals surface area contributed by atoms with Crippen LogP contribution in [0.2, 0.25) is 0 Å². The highest BCUT2D eigenvalue weighted by Crippen LogP contribution is 2.16. The SMILES string of the molecule is CCCOc1cncc(C(=O)CC(C)CC)c1. The summed E-state index contributed by atoms with van der Waals surface area (Å²) < 4.78 is 5.46. The molecule has 0 aliphatic rings. The third kappa shape index (κ3) is 4.55. The van der Waals surface area contributed by atoms with Crippen LogP contribution in [-0.2, 0) is 0 Å². The second-order valence-electron chi connectivity index (χ2n) is 4.40. The predicted molar refractivity (Wildman–Crippen MR) is 68.4 cm³/mol. The number of ketones is 1. The van der Waals surface area contributed by atoms with Gasteiger partial charge in [-0.25, -0.2) is 0 Å². The standard InChI is InChI=1S/C14H21NO2/c1-4-6-17-13-8-12(9-15-10-13)14(16)7-11(3)5-2/h8-11H,4-7H2,1-3H3. The molecule has 0 amide bonds. The van der Waals surface area contributed by atoms with E-state index in [1.807, 2.05) is 6.92 Å². The van der Waals surface area contributed by atoms with Crippen LogP contribution >= 0.6 is 0 Å². The Kier molecular flexibility index (Phi) is 5.67. The largest absolute Gasteiger partial charge is 0.492 e. The summed E-state index contributed by atoms with van der Waals surface area (Å²) in [5.41, 5.74) is 0.652. The molecule has 1 aromatic rings. The third-order valence-electron chi connectivity index (χ3n) is 2.74. The van der Waals surface area contributed by atoms with E-state index < -0.39 is 0 Å². The van der Waals surface area contributed by atoms with Crippen molar-refractivity contribution in [3.8, 4) is 5.75 Å². The van der Waals surface area contributed by atoms with Gasteiger partial charge in [-0.3, -0.25) is 9.78 Å². The Morgan fingerprint density at radius 3 is 2.82 bits per heavy atom. The number of hydrogen-bond acceptors (Lipinski definition) is 3. The third-order valence-corrected chi connectivity index (χ3v) is 2.74. The number of Topliss-reactive ketones (excluding diaryl/α,β-unsaturated/α-hetero) is 1. The number of rotatable bonds is 7. The highest BCUT2D eigenvalue weighted by molar-refractivity contribution is 5.96. The molecule has 1 rings (SSSR count). The molecule has 17 heavy (non-hydrogen) atoms. The van der Waals surface area contributed by atoms with E-state index >= 15 is 0 Å². The lowest BCUT2D eigenvalue weighted by molar-refractivity contribution is 0.0963. The summed E-state index contributed by atoms with van der Waals surface area (Å²) in [6, 6.07) is 1.79. The van der Waals surface area contributed by atoms with Gasteiger partial charge in [-0.2, -0.15) is 0 Å². The van der Waals surface area contributed by atoms with E-state index in [0.29, 0.717) is 30.3 Å². The highest BCUT2D eigenvalue weighted by atomic mass is 16.5. The Balaban J connectivity index is 2.66. The molecule has 0 fully saturated rings. The molecule has 0 saturated carbocycles. The fourth-order valence-corrected chi connectivity index (χ4v) is 1.45. The molecule has 94 valence electrons. The zero-order valence-corrected chi connectivity index (χ0v) is 10.9. The Bertz CT molecular complexity index is 363. The molecule has 1 heterocycles. The number of aromatic nitrogens is 1. The molecule has 3 nitrogen and oxygen atoms in total. The summed E-state index contributed by atoms with van der Waals surface area (Å²) in [7, 11) is 0. The van der Waals surface area contributed by atoms with Gasteiger partial charge in [0.1, 0.15) is 5.75 Å². The number of nitrogens with zero attached hydrogens (tertiary/aromatic N) is 1. The first-order valence-corrected chi connectivity index (χ1v) is 6.28. The van der Waals surface area contributed by atoms with Crippen molar-refractivity contribution in [2.24, 2.45) is 5.92 Å². The Morgan fingerprint density at radius 1 is 1.41 bits per heavy atom. The second-order valence-corrected chi connectivity index (χ2v) is 4.40. The molecule has 0 spiro atoms. The van der Waals surface area contributed by atoms with E-state index in [-0.39, 0.29) is 5.78 Å². The van der Waals surface area contributed by atoms with Gasteiger partial charge in [0, 0.05) is 18.2 Å². The maximum atomic E-state index is 11.9. The van der Waals surface area contributed by atoms with Crippen molar-refractivity contribution in [1.82, 2.24) is 4.98 Å². The highest BCUT2D eigenvalue weighted by Gasteiger charge is 2.11. The van der Waals surface area contributed by atoms with Crippen molar-refractivity contribution in [2.45, 2.75) is 40.0 Å². The van der Waals surface area contributed by atoms with E-state index in [1.165, 1.54) is 0 Å². The normalized spacial score (nSPS) is 12.2. The first-order chi connectivity index (χ1) is 8.17. The molecule has 1 aromatic heterocycles. The Labute approximate surface area is 103 Å². The van der Waals surface area contributed by atoms with E-state index in [4.69, 9.17) is 4.74 Å². The summed E-state index contributed by atoms with van der Waals surface area (Å²) in [4.78, 5) is 16.0. The lowest BCUT2D eigenvalue weighted by atomic mass is 9.99. The van der Waals surface area contributed by atoms with Gasteiger partial charge in [0.05, 0.1) is 12.8 Å². The molecular weight excluding hydrogens is 214 g/mol. The van der Waals surface area contributed by atoms with Crippen molar-refractivity contribution in [2.75, 3.05) is 6.61 Å². The fraction of sp³-hybridized carbons (Fsp3) is 0.571. The first-order valence-electron chi connectivity index (χ1n) is 6.28. The summed E-state index contributed by atoms with van der Waals surface area (Å²) >= 11 is 0. The van der Waals surface area contributed by atoms with Crippen LogP contribution in [0.25, 0.3) is 0 Å². The van der Waals surface area contributed by atoms with Crippen LogP contribution in [0.15, 0.2) is 18.5 Å². The molecule has 1 atom stereocenters. The minimum absolute atomic E-state index is 0.147. The van der Waals surface area contributed by atoms with Gasteiger partial charge < -0.3 is 4.74 Å². The number of pyridine rings is 1. The molecular formula is C14H21NO2. The lowest BCUT2D eigenvalue weighted by Crippen LogP contribution is -2.06. The van der Waals surface area contributed by atoms with Crippen LogP contribution in [0.5, 0.6) is 5.75 Å². The van der Waals surface area contributed by atoms with Crippen LogP contribution in [0, 0.1) is 5.92 Å². The second kappa shape index (κ2) is 7.05. The number of ether oxygens (including phenoxy) is 1. The van der Waals surface area contributed by atoms with Crippen LogP contribution in [0.1, 0.15) is 50.4 Å². The summed E-state index contributed by atoms with van der Waals surface area (Å²) in [6.07, 6.45) is 5.81. The van der Waals surface area contributed by atoms with Crippen molar-refractivity contribution in [1.29, 1.82) is 0 Å². The topological polar surface area (TPSA) is 39.2 Å². The smallest absolute Gasteiger partial charge is 0.164 e. The van der Waals surface area contributed by atoms with Gasteiger partial charge in [-0.05, 0) is 18.4 Å². The van der Waals surface area contributed by atoms with Crippen molar-refractivity contribution < 1.29 is 9.53 Å². The van der Waals surface area contributed by atoms with Crippen LogP contribution in [-0.4, -0.2) is 17.4 Å². The van der Waals surface area contributed by atoms with Gasteiger partial charge in [0.25, 0.3) is 0 Å². The molecule has 0 bridgehead atoms. The summed E-state index contributed by atoms with van der Waals surface area (Å²) in [5.74, 6) is 1.25. The van der Waals surface area contributed by atoms with Crippen molar-refractivity contribution in [3.05, 3.63) is 24.0 Å². The number of hydrogen-bond donors (Lipinski definition) is 0. The minimum atomic E-state index is 0.147. The van der Waals surface area contributed by atoms with E-state index in [9.17, 15) is 4.79 Å². The molecule has 0 aromatic carbocycles. The molecule has 3 heteroatoms. The van der Waals surface area contributed by atoms with Crippen LogP contribution < -0.4 is 4.74 Å². The van der Waals surface area contributed by atoms with E-state index in [1.54, 1.807) is 18.5 Å². The maximum absolute atomic E-state index is 11.9. The molecule has 1 unspecified atom stereocenters. The zero-order chi connectivity index (χ0) is 12.7. The lowest BCUT2D eigenvalue weighted by Gasteiger charge is -2.08. The molecule has 0 saturated heterocycles. The van der Waals surface area contributed by atoms with Gasteiger partial charge in [0.2, 0.25) is 0 Å². The molecule has 0 aliphatic heterocycles. The van der Waals surface area contributed by atoms with Crippen LogP contribution in [0.3, 0.4) is 0 Å². The Morgan fingerprint density at radius 2 is 2.18 bits per heavy atom. The van der Waals surface area contributed by atoms with Crippen molar-refractivity contribution in [3.63, 3.8) is 0 Å². The maximum Gasteiger partial charge on any atom is 0.164 e. The Hall–Kier alpha value is -1.38. The van der Waals surface area contributed by atoms with Crippen molar-refractivity contribution >= 4 is 5.78 Å². The molecule has 0 N–H and O–H groups in total. The van der Waals surface area contributed by atoms with Gasteiger partial charge >= 0.3 is 0 Å². The average molecular weight is 235 g/mol. The minimum Gasteiger partial charge on any atom is -0.492 e. The number of carbonyl (C=O) groups excluding carboxylic acids is 1. The molecule has 0 radical (unpaired) electrons. The first kappa shape index (κ1) is 13.7. The summed E-state index contributed by atoms with van der Waals surface area (Å²) in [5, 5.41) is 0. The predicted octanol–water partition coefficient (Wildman–Crippen LogP) is 3.49. The van der Waals surface area contributed by atoms with Gasteiger partial charge in [-0.1, -0.05) is 27.2 Å². The van der Waals surface area contributed by atoms with Gasteiger partial charge in [0.15, 0.2) is 5.78 Å². The molecule has 0 aliphatic carbocycles. The number of carbonyl (C=O) groups is 1. The van der Waals surface area contributed by atoms with E-state index in [2.05, 4.69) is 18.8 Å². The zero-order valence-electron chi connectivity index (χ0n) is 10.9. The van der Waals surface area contributed by atoms with Gasteiger partial charge in [-0.15, -0.1) is 0 Å². The van der Waals surface area contributed by atoms with Crippen LogP contribution in [0.4, 0.5) is 0 Å². The fourth-order valence-electron chi connectivity index (χ4n) is 1.45.